The maximum atomic E-state index is 12.2. The van der Waals surface area contributed by atoms with Gasteiger partial charge in [-0.2, -0.15) is 0 Å². The van der Waals surface area contributed by atoms with Crippen molar-refractivity contribution in [3.8, 4) is 0 Å². The summed E-state index contributed by atoms with van der Waals surface area (Å²) in [5.74, 6) is 0.203. The first kappa shape index (κ1) is 12.5. The van der Waals surface area contributed by atoms with Gasteiger partial charge in [-0.05, 0) is 26.1 Å². The third-order valence-corrected chi connectivity index (χ3v) is 5.57. The largest absolute Gasteiger partial charge is 0.320 e. The molecule has 0 aliphatic carbocycles. The van der Waals surface area contributed by atoms with Gasteiger partial charge in [-0.15, -0.1) is 11.3 Å². The lowest BCUT2D eigenvalue weighted by molar-refractivity contribution is 0.593. The summed E-state index contributed by atoms with van der Waals surface area (Å²) in [5, 5.41) is 5.56. The lowest BCUT2D eigenvalue weighted by Gasteiger charge is -2.02. The Balaban J connectivity index is 2.33. The van der Waals surface area contributed by atoms with E-state index < -0.39 is 9.84 Å². The molecule has 1 heterocycles. The molecule has 0 aliphatic heterocycles. The monoisotopic (exact) mass is 269 g/mol. The van der Waals surface area contributed by atoms with Crippen molar-refractivity contribution in [3.63, 3.8) is 0 Å². The van der Waals surface area contributed by atoms with Crippen molar-refractivity contribution >= 4 is 31.3 Å². The summed E-state index contributed by atoms with van der Waals surface area (Å²) in [5.41, 5.74) is 0. The van der Waals surface area contributed by atoms with Crippen LogP contribution < -0.4 is 5.32 Å². The molecule has 1 aromatic heterocycles. The van der Waals surface area contributed by atoms with Crippen molar-refractivity contribution in [1.29, 1.82) is 0 Å². The zero-order valence-electron chi connectivity index (χ0n) is 9.64. The number of rotatable bonds is 5. The molecule has 0 spiro atoms. The average molecular weight is 269 g/mol. The standard InChI is InChI=1S/C12H15NO2S2/c1-13-7-4-8-17(14,15)12-9-16-11-6-3-2-5-10(11)12/h2-3,5-6,9,13H,4,7-8H2,1H3. The lowest BCUT2D eigenvalue weighted by Crippen LogP contribution is -2.14. The van der Waals surface area contributed by atoms with Crippen LogP contribution >= 0.6 is 11.3 Å². The van der Waals surface area contributed by atoms with Gasteiger partial charge in [-0.25, -0.2) is 8.42 Å². The van der Waals surface area contributed by atoms with Crippen molar-refractivity contribution in [2.45, 2.75) is 11.3 Å². The van der Waals surface area contributed by atoms with Crippen molar-refractivity contribution < 1.29 is 8.42 Å². The van der Waals surface area contributed by atoms with Crippen molar-refractivity contribution in [2.75, 3.05) is 19.3 Å². The van der Waals surface area contributed by atoms with Crippen LogP contribution in [0, 0.1) is 0 Å². The summed E-state index contributed by atoms with van der Waals surface area (Å²) in [6.45, 7) is 0.724. The average Bonchev–Trinajstić information content (AvgIpc) is 2.73. The van der Waals surface area contributed by atoms with E-state index in [1.807, 2.05) is 31.3 Å². The van der Waals surface area contributed by atoms with E-state index in [0.717, 1.165) is 16.6 Å². The first-order valence-electron chi connectivity index (χ1n) is 5.49. The highest BCUT2D eigenvalue weighted by Crippen LogP contribution is 2.29. The highest BCUT2D eigenvalue weighted by atomic mass is 32.2. The highest BCUT2D eigenvalue weighted by Gasteiger charge is 2.18. The number of sulfone groups is 1. The van der Waals surface area contributed by atoms with E-state index in [1.165, 1.54) is 11.3 Å². The first-order chi connectivity index (χ1) is 8.15. The van der Waals surface area contributed by atoms with Gasteiger partial charge >= 0.3 is 0 Å². The Kier molecular flexibility index (Phi) is 3.81. The molecule has 5 heteroatoms. The van der Waals surface area contributed by atoms with Gasteiger partial charge in [0, 0.05) is 15.5 Å². The Morgan fingerprint density at radius 2 is 2.06 bits per heavy atom. The molecule has 2 aromatic rings. The van der Waals surface area contributed by atoms with Gasteiger partial charge in [-0.3, -0.25) is 0 Å². The topological polar surface area (TPSA) is 46.2 Å². The molecular formula is C12H15NO2S2. The van der Waals surface area contributed by atoms with E-state index in [1.54, 1.807) is 5.38 Å². The van der Waals surface area contributed by atoms with Crippen molar-refractivity contribution in [3.05, 3.63) is 29.6 Å². The van der Waals surface area contributed by atoms with Gasteiger partial charge in [-0.1, -0.05) is 18.2 Å². The maximum Gasteiger partial charge on any atom is 0.179 e. The van der Waals surface area contributed by atoms with E-state index in [2.05, 4.69) is 5.32 Å². The molecule has 3 nitrogen and oxygen atoms in total. The molecule has 0 amide bonds. The third kappa shape index (κ3) is 2.68. The minimum Gasteiger partial charge on any atom is -0.320 e. The molecule has 1 N–H and O–H groups in total. The summed E-state index contributed by atoms with van der Waals surface area (Å²) >= 11 is 1.49. The van der Waals surface area contributed by atoms with E-state index in [4.69, 9.17) is 0 Å². The second-order valence-corrected chi connectivity index (χ2v) is 6.86. The van der Waals surface area contributed by atoms with Gasteiger partial charge in [0.05, 0.1) is 10.6 Å². The number of hydrogen-bond donors (Lipinski definition) is 1. The predicted molar refractivity (Wildman–Crippen MR) is 72.4 cm³/mol. The molecule has 0 unspecified atom stereocenters. The molecule has 0 fully saturated rings. The number of nitrogens with one attached hydrogen (secondary N) is 1. The Morgan fingerprint density at radius 1 is 1.29 bits per heavy atom. The fraction of sp³-hybridized carbons (Fsp3) is 0.333. The van der Waals surface area contributed by atoms with Crippen LogP contribution in [-0.2, 0) is 9.84 Å². The summed E-state index contributed by atoms with van der Waals surface area (Å²) in [4.78, 5) is 0.481. The number of fused-ring (bicyclic) bond motifs is 1. The summed E-state index contributed by atoms with van der Waals surface area (Å²) in [6, 6.07) is 7.63. The molecule has 1 aromatic carbocycles. The van der Waals surface area contributed by atoms with Gasteiger partial charge in [0.15, 0.2) is 9.84 Å². The molecule has 0 aliphatic rings. The molecular weight excluding hydrogens is 254 g/mol. The van der Waals surface area contributed by atoms with Gasteiger partial charge in [0.2, 0.25) is 0 Å². The van der Waals surface area contributed by atoms with Crippen molar-refractivity contribution in [1.82, 2.24) is 5.32 Å². The minimum atomic E-state index is -3.15. The zero-order chi connectivity index (χ0) is 12.3. The highest BCUT2D eigenvalue weighted by molar-refractivity contribution is 7.91. The predicted octanol–water partition coefficient (Wildman–Crippen LogP) is 2.28. The van der Waals surface area contributed by atoms with Crippen LogP contribution in [-0.4, -0.2) is 27.8 Å². The van der Waals surface area contributed by atoms with E-state index in [-0.39, 0.29) is 5.75 Å². The van der Waals surface area contributed by atoms with Gasteiger partial charge in [0.25, 0.3) is 0 Å². The van der Waals surface area contributed by atoms with Crippen LogP contribution in [0.25, 0.3) is 10.1 Å². The quantitative estimate of drug-likeness (QED) is 0.847. The second kappa shape index (κ2) is 5.16. The van der Waals surface area contributed by atoms with Crippen LogP contribution in [0.3, 0.4) is 0 Å². The summed E-state index contributed by atoms with van der Waals surface area (Å²) in [7, 11) is -1.32. The van der Waals surface area contributed by atoms with Crippen LogP contribution in [0.4, 0.5) is 0 Å². The summed E-state index contributed by atoms with van der Waals surface area (Å²) in [6.07, 6.45) is 0.642. The normalized spacial score (nSPS) is 12.1. The van der Waals surface area contributed by atoms with Crippen LogP contribution in [0.5, 0.6) is 0 Å². The molecule has 92 valence electrons. The summed E-state index contributed by atoms with van der Waals surface area (Å²) < 4.78 is 25.3. The Morgan fingerprint density at radius 3 is 2.82 bits per heavy atom. The van der Waals surface area contributed by atoms with Gasteiger partial charge < -0.3 is 5.32 Å². The Labute approximate surface area is 105 Å². The molecule has 0 bridgehead atoms. The van der Waals surface area contributed by atoms with E-state index in [0.29, 0.717) is 11.3 Å². The lowest BCUT2D eigenvalue weighted by atomic mass is 10.3. The Hall–Kier alpha value is -0.910. The number of thiophene rings is 1. The fourth-order valence-corrected chi connectivity index (χ4v) is 4.62. The Bertz CT molecular complexity index is 602. The molecule has 0 atom stereocenters. The third-order valence-electron chi connectivity index (χ3n) is 2.62. The van der Waals surface area contributed by atoms with Crippen LogP contribution in [0.2, 0.25) is 0 Å². The van der Waals surface area contributed by atoms with Crippen molar-refractivity contribution in [2.24, 2.45) is 0 Å². The smallest absolute Gasteiger partial charge is 0.179 e. The molecule has 0 saturated carbocycles. The zero-order valence-corrected chi connectivity index (χ0v) is 11.3. The number of benzene rings is 1. The van der Waals surface area contributed by atoms with Crippen LogP contribution in [0.1, 0.15) is 6.42 Å². The van der Waals surface area contributed by atoms with Crippen LogP contribution in [0.15, 0.2) is 34.5 Å². The first-order valence-corrected chi connectivity index (χ1v) is 8.02. The SMILES string of the molecule is CNCCCS(=O)(=O)c1csc2ccccc12. The molecule has 2 rings (SSSR count). The fourth-order valence-electron chi connectivity index (χ4n) is 1.74. The second-order valence-electron chi connectivity index (χ2n) is 3.87. The maximum absolute atomic E-state index is 12.2. The van der Waals surface area contributed by atoms with Gasteiger partial charge in [0.1, 0.15) is 0 Å². The van der Waals surface area contributed by atoms with E-state index in [9.17, 15) is 8.42 Å². The van der Waals surface area contributed by atoms with E-state index >= 15 is 0 Å². The number of hydrogen-bond acceptors (Lipinski definition) is 4. The minimum absolute atomic E-state index is 0.203. The molecule has 0 radical (unpaired) electrons. The molecule has 17 heavy (non-hydrogen) atoms. The molecule has 0 saturated heterocycles.